The highest BCUT2D eigenvalue weighted by Crippen LogP contribution is 2.20. The third-order valence-corrected chi connectivity index (χ3v) is 5.93. The van der Waals surface area contributed by atoms with Crippen LogP contribution in [0.25, 0.3) is 0 Å². The van der Waals surface area contributed by atoms with Gasteiger partial charge in [-0.3, -0.25) is 0 Å². The number of benzene rings is 2. The van der Waals surface area contributed by atoms with E-state index in [4.69, 9.17) is 0 Å². The quantitative estimate of drug-likeness (QED) is 0.836. The van der Waals surface area contributed by atoms with E-state index in [0.29, 0.717) is 0 Å². The van der Waals surface area contributed by atoms with Crippen molar-refractivity contribution >= 4 is 20.2 Å². The predicted molar refractivity (Wildman–Crippen MR) is 81.4 cm³/mol. The molecule has 2 aromatic carbocycles. The second-order valence-corrected chi connectivity index (χ2v) is 7.91. The SMILES string of the molecule is Cc1ccc(S(=O)(=O)OS(=O)(=O)c2ccc(C)cc2)cc1.O. The first-order valence-electron chi connectivity index (χ1n) is 6.05. The first-order valence-corrected chi connectivity index (χ1v) is 8.87. The lowest BCUT2D eigenvalue weighted by Crippen LogP contribution is -2.14. The van der Waals surface area contributed by atoms with Crippen molar-refractivity contribution in [2.24, 2.45) is 0 Å². The van der Waals surface area contributed by atoms with Crippen LogP contribution in [0.3, 0.4) is 0 Å². The minimum absolute atomic E-state index is 0. The fourth-order valence-corrected chi connectivity index (χ4v) is 4.12. The molecule has 2 aromatic rings. The van der Waals surface area contributed by atoms with Crippen molar-refractivity contribution in [1.29, 1.82) is 0 Å². The highest BCUT2D eigenvalue weighted by Gasteiger charge is 2.26. The van der Waals surface area contributed by atoms with Gasteiger partial charge in [-0.05, 0) is 38.1 Å². The Kier molecular flexibility index (Phi) is 5.47. The molecule has 6 nitrogen and oxygen atoms in total. The van der Waals surface area contributed by atoms with E-state index < -0.39 is 20.2 Å². The van der Waals surface area contributed by atoms with Gasteiger partial charge < -0.3 is 5.48 Å². The highest BCUT2D eigenvalue weighted by atomic mass is 32.3. The van der Waals surface area contributed by atoms with E-state index >= 15 is 0 Å². The minimum Gasteiger partial charge on any atom is -0.412 e. The smallest absolute Gasteiger partial charge is 0.311 e. The lowest BCUT2D eigenvalue weighted by molar-refractivity contribution is 0.461. The largest absolute Gasteiger partial charge is 0.412 e. The van der Waals surface area contributed by atoms with E-state index in [1.807, 2.05) is 0 Å². The zero-order chi connectivity index (χ0) is 15.7. The lowest BCUT2D eigenvalue weighted by Gasteiger charge is -2.07. The Morgan fingerprint density at radius 3 is 1.18 bits per heavy atom. The standard InChI is InChI=1S/C14H14O5S2.H2O/c1-11-3-7-13(8-4-11)20(15,16)19-21(17,18)14-9-5-12(2)6-10-14;/h3-10H,1-2H3;1H2. The Bertz CT molecular complexity index is 762. The van der Waals surface area contributed by atoms with Gasteiger partial charge in [-0.1, -0.05) is 35.4 Å². The molecule has 0 bridgehead atoms. The summed E-state index contributed by atoms with van der Waals surface area (Å²) >= 11 is 0. The van der Waals surface area contributed by atoms with Gasteiger partial charge in [0.1, 0.15) is 0 Å². The monoisotopic (exact) mass is 344 g/mol. The minimum atomic E-state index is -4.38. The number of aryl methyl sites for hydroxylation is 2. The molecule has 0 aromatic heterocycles. The number of hydrogen-bond donors (Lipinski definition) is 0. The summed E-state index contributed by atoms with van der Waals surface area (Å²) in [5.74, 6) is 0. The normalized spacial score (nSPS) is 11.7. The van der Waals surface area contributed by atoms with Crippen molar-refractivity contribution in [3.05, 3.63) is 59.7 Å². The van der Waals surface area contributed by atoms with Gasteiger partial charge in [-0.15, -0.1) is 3.63 Å². The fourth-order valence-electron chi connectivity index (χ4n) is 1.61. The molecule has 0 atom stereocenters. The first-order chi connectivity index (χ1) is 9.71. The number of hydrogen-bond acceptors (Lipinski definition) is 5. The second-order valence-electron chi connectivity index (χ2n) is 4.60. The molecule has 2 N–H and O–H groups in total. The average Bonchev–Trinajstić information content (AvgIpc) is 2.38. The van der Waals surface area contributed by atoms with Crippen molar-refractivity contribution in [3.8, 4) is 0 Å². The summed E-state index contributed by atoms with van der Waals surface area (Å²) in [4.78, 5) is -0.410. The summed E-state index contributed by atoms with van der Waals surface area (Å²) in [6.07, 6.45) is 0. The van der Waals surface area contributed by atoms with Gasteiger partial charge in [-0.25, -0.2) is 0 Å². The maximum atomic E-state index is 12.0. The predicted octanol–water partition coefficient (Wildman–Crippen LogP) is 1.57. The van der Waals surface area contributed by atoms with Crippen molar-refractivity contribution in [1.82, 2.24) is 0 Å². The highest BCUT2D eigenvalue weighted by molar-refractivity contribution is 7.99. The zero-order valence-corrected chi connectivity index (χ0v) is 13.6. The van der Waals surface area contributed by atoms with Gasteiger partial charge in [0, 0.05) is 0 Å². The molecule has 8 heteroatoms. The van der Waals surface area contributed by atoms with Crippen LogP contribution in [0.5, 0.6) is 0 Å². The van der Waals surface area contributed by atoms with E-state index in [-0.39, 0.29) is 15.3 Å². The topological polar surface area (TPSA) is 109 Å². The Morgan fingerprint density at radius 2 is 0.909 bits per heavy atom. The molecule has 0 aliphatic heterocycles. The molecule has 0 spiro atoms. The van der Waals surface area contributed by atoms with Gasteiger partial charge >= 0.3 is 20.2 Å². The van der Waals surface area contributed by atoms with Crippen LogP contribution < -0.4 is 0 Å². The maximum Gasteiger partial charge on any atom is 0.311 e. The lowest BCUT2D eigenvalue weighted by atomic mass is 10.2. The molecule has 0 saturated heterocycles. The van der Waals surface area contributed by atoms with Crippen LogP contribution >= 0.6 is 0 Å². The van der Waals surface area contributed by atoms with Crippen LogP contribution in [-0.4, -0.2) is 22.3 Å². The van der Waals surface area contributed by atoms with E-state index in [2.05, 4.69) is 3.63 Å². The van der Waals surface area contributed by atoms with Gasteiger partial charge in [0.05, 0.1) is 9.79 Å². The summed E-state index contributed by atoms with van der Waals surface area (Å²) in [5.41, 5.74) is 1.71. The van der Waals surface area contributed by atoms with Gasteiger partial charge in [0.2, 0.25) is 0 Å². The van der Waals surface area contributed by atoms with E-state index in [9.17, 15) is 16.8 Å². The summed E-state index contributed by atoms with van der Waals surface area (Å²) in [7, 11) is -8.76. The molecular formula is C14H16O6S2. The second kappa shape index (κ2) is 6.57. The molecule has 2 rings (SSSR count). The average molecular weight is 344 g/mol. The van der Waals surface area contributed by atoms with Crippen molar-refractivity contribution in [2.45, 2.75) is 23.6 Å². The third kappa shape index (κ3) is 4.14. The zero-order valence-electron chi connectivity index (χ0n) is 12.0. The van der Waals surface area contributed by atoms with Crippen molar-refractivity contribution < 1.29 is 25.9 Å². The van der Waals surface area contributed by atoms with Crippen molar-refractivity contribution in [2.75, 3.05) is 0 Å². The fraction of sp³-hybridized carbons (Fsp3) is 0.143. The van der Waals surface area contributed by atoms with Crippen LogP contribution in [0, 0.1) is 13.8 Å². The summed E-state index contributed by atoms with van der Waals surface area (Å²) in [6, 6.07) is 11.5. The molecule has 0 aliphatic carbocycles. The summed E-state index contributed by atoms with van der Waals surface area (Å²) in [5, 5.41) is 0. The maximum absolute atomic E-state index is 12.0. The molecule has 0 fully saturated rings. The molecular weight excluding hydrogens is 328 g/mol. The molecule has 0 unspecified atom stereocenters. The van der Waals surface area contributed by atoms with E-state index in [0.717, 1.165) is 11.1 Å². The van der Waals surface area contributed by atoms with Crippen molar-refractivity contribution in [3.63, 3.8) is 0 Å². The molecule has 0 radical (unpaired) electrons. The molecule has 0 heterocycles. The van der Waals surface area contributed by atoms with Crippen LogP contribution in [0.2, 0.25) is 0 Å². The Labute approximate surface area is 129 Å². The van der Waals surface area contributed by atoms with E-state index in [1.54, 1.807) is 38.1 Å². The molecule has 120 valence electrons. The molecule has 0 saturated carbocycles. The van der Waals surface area contributed by atoms with Crippen LogP contribution in [0.1, 0.15) is 11.1 Å². The molecule has 0 amide bonds. The number of rotatable bonds is 4. The van der Waals surface area contributed by atoms with Crippen LogP contribution in [0.4, 0.5) is 0 Å². The Morgan fingerprint density at radius 1 is 0.636 bits per heavy atom. The van der Waals surface area contributed by atoms with Crippen LogP contribution in [-0.2, 0) is 23.9 Å². The first kappa shape index (κ1) is 18.3. The van der Waals surface area contributed by atoms with E-state index in [1.165, 1.54) is 24.3 Å². The van der Waals surface area contributed by atoms with Gasteiger partial charge in [0.15, 0.2) is 0 Å². The summed E-state index contributed by atoms with van der Waals surface area (Å²) in [6.45, 7) is 3.58. The third-order valence-electron chi connectivity index (χ3n) is 2.80. The van der Waals surface area contributed by atoms with Gasteiger partial charge in [-0.2, -0.15) is 16.8 Å². The van der Waals surface area contributed by atoms with Gasteiger partial charge in [0.25, 0.3) is 0 Å². The Balaban J connectivity index is 0.00000242. The molecule has 0 aliphatic rings. The summed E-state index contributed by atoms with van der Waals surface area (Å²) < 4.78 is 52.4. The molecule has 22 heavy (non-hydrogen) atoms. The van der Waals surface area contributed by atoms with Crippen LogP contribution in [0.15, 0.2) is 58.3 Å². The Hall–Kier alpha value is -1.74.